The largest absolute Gasteiger partial charge is 0.506 e. The Morgan fingerprint density at radius 3 is 3.00 bits per heavy atom. The second-order valence-electron chi connectivity index (χ2n) is 6.07. The second-order valence-corrected chi connectivity index (χ2v) is 6.98. The molecule has 1 amide bonds. The van der Waals surface area contributed by atoms with Crippen LogP contribution in [0.4, 0.5) is 5.69 Å². The van der Waals surface area contributed by atoms with Gasteiger partial charge in [-0.15, -0.1) is 0 Å². The molecule has 0 radical (unpaired) electrons. The maximum atomic E-state index is 11.4. The molecular weight excluding hydrogens is 326 g/mol. The Balaban J connectivity index is 1.79. The summed E-state index contributed by atoms with van der Waals surface area (Å²) in [5, 5.41) is 16.0. The lowest BCUT2D eigenvalue weighted by Gasteiger charge is -2.24. The van der Waals surface area contributed by atoms with Gasteiger partial charge in [-0.3, -0.25) is 4.79 Å². The Morgan fingerprint density at radius 2 is 2.25 bits per heavy atom. The number of amides is 1. The summed E-state index contributed by atoms with van der Waals surface area (Å²) < 4.78 is 5.49. The molecule has 0 bridgehead atoms. The Morgan fingerprint density at radius 1 is 1.46 bits per heavy atom. The molecule has 24 heavy (non-hydrogen) atoms. The van der Waals surface area contributed by atoms with Crippen molar-refractivity contribution in [3.05, 3.63) is 17.7 Å². The fourth-order valence-corrected chi connectivity index (χ4v) is 3.34. The van der Waals surface area contributed by atoms with Crippen molar-refractivity contribution < 1.29 is 14.6 Å². The fraction of sp³-hybridized carbons (Fsp3) is 0.588. The van der Waals surface area contributed by atoms with Gasteiger partial charge in [0.1, 0.15) is 11.4 Å². The van der Waals surface area contributed by atoms with Crippen LogP contribution in [0, 0.1) is 0 Å². The molecule has 0 aliphatic carbocycles. The van der Waals surface area contributed by atoms with Crippen molar-refractivity contribution in [1.82, 2.24) is 10.2 Å². The summed E-state index contributed by atoms with van der Waals surface area (Å²) in [5.41, 5.74) is 1.37. The Labute approximate surface area is 147 Å². The molecule has 1 aliphatic rings. The van der Waals surface area contributed by atoms with Gasteiger partial charge in [-0.05, 0) is 44.8 Å². The molecule has 1 aliphatic heterocycles. The monoisotopic (exact) mass is 353 g/mol. The van der Waals surface area contributed by atoms with E-state index in [2.05, 4.69) is 35.8 Å². The van der Waals surface area contributed by atoms with E-state index in [0.717, 1.165) is 37.4 Å². The highest BCUT2D eigenvalue weighted by molar-refractivity contribution is 7.98. The average molecular weight is 353 g/mol. The van der Waals surface area contributed by atoms with Gasteiger partial charge >= 0.3 is 0 Å². The van der Waals surface area contributed by atoms with Gasteiger partial charge in [0.05, 0.1) is 0 Å². The van der Waals surface area contributed by atoms with Crippen LogP contribution in [0.15, 0.2) is 12.1 Å². The number of rotatable bonds is 9. The van der Waals surface area contributed by atoms with Crippen LogP contribution in [0.3, 0.4) is 0 Å². The van der Waals surface area contributed by atoms with Crippen molar-refractivity contribution in [2.75, 3.05) is 50.6 Å². The Hall–Kier alpha value is -1.44. The molecule has 1 aromatic rings. The first-order valence-corrected chi connectivity index (χ1v) is 9.59. The highest BCUT2D eigenvalue weighted by Crippen LogP contribution is 2.39. The lowest BCUT2D eigenvalue weighted by Crippen LogP contribution is -2.37. The molecule has 0 saturated heterocycles. The van der Waals surface area contributed by atoms with Gasteiger partial charge in [-0.2, -0.15) is 11.8 Å². The van der Waals surface area contributed by atoms with E-state index in [1.807, 2.05) is 17.8 Å². The number of nitrogens with zero attached hydrogens (tertiary/aromatic N) is 1. The van der Waals surface area contributed by atoms with Crippen LogP contribution in [-0.2, 0) is 11.2 Å². The predicted molar refractivity (Wildman–Crippen MR) is 99.3 cm³/mol. The SMILES string of the molecule is CSCC(C)N(C)CCNCCc1ccc(O)c2c1OCC(=O)N2. The molecule has 3 N–H and O–H groups in total. The molecule has 0 fully saturated rings. The van der Waals surface area contributed by atoms with E-state index in [9.17, 15) is 9.90 Å². The minimum absolute atomic E-state index is 0.00495. The number of thioether (sulfide) groups is 1. The number of fused-ring (bicyclic) bond motifs is 1. The van der Waals surface area contributed by atoms with Crippen molar-refractivity contribution >= 4 is 23.4 Å². The van der Waals surface area contributed by atoms with E-state index in [-0.39, 0.29) is 18.3 Å². The van der Waals surface area contributed by atoms with Crippen LogP contribution in [0.25, 0.3) is 0 Å². The highest BCUT2D eigenvalue weighted by Gasteiger charge is 2.22. The molecule has 1 aromatic carbocycles. The number of ether oxygens (including phenoxy) is 1. The van der Waals surface area contributed by atoms with Gasteiger partial charge in [0, 0.05) is 24.9 Å². The summed E-state index contributed by atoms with van der Waals surface area (Å²) in [5.74, 6) is 1.52. The normalized spacial score (nSPS) is 14.9. The van der Waals surface area contributed by atoms with Crippen molar-refractivity contribution in [2.24, 2.45) is 0 Å². The predicted octanol–water partition coefficient (Wildman–Crippen LogP) is 1.54. The summed E-state index contributed by atoms with van der Waals surface area (Å²) >= 11 is 1.87. The van der Waals surface area contributed by atoms with E-state index < -0.39 is 0 Å². The van der Waals surface area contributed by atoms with E-state index in [0.29, 0.717) is 17.5 Å². The average Bonchev–Trinajstić information content (AvgIpc) is 2.56. The minimum atomic E-state index is -0.240. The zero-order valence-electron chi connectivity index (χ0n) is 14.6. The molecule has 1 heterocycles. The smallest absolute Gasteiger partial charge is 0.262 e. The van der Waals surface area contributed by atoms with Crippen LogP contribution >= 0.6 is 11.8 Å². The third kappa shape index (κ3) is 5.03. The number of hydrogen-bond acceptors (Lipinski definition) is 6. The van der Waals surface area contributed by atoms with Gasteiger partial charge in [0.25, 0.3) is 5.91 Å². The standard InChI is InChI=1S/C17H27N3O3S/c1-12(11-24-3)20(2)9-8-18-7-6-13-4-5-14(21)16-17(13)23-10-15(22)19-16/h4-5,12,18,21H,6-11H2,1-3H3,(H,19,22). The van der Waals surface area contributed by atoms with E-state index in [1.165, 1.54) is 0 Å². The first-order chi connectivity index (χ1) is 11.5. The van der Waals surface area contributed by atoms with Crippen molar-refractivity contribution in [2.45, 2.75) is 19.4 Å². The van der Waals surface area contributed by atoms with E-state index >= 15 is 0 Å². The number of likely N-dealkylation sites (N-methyl/N-ethyl adjacent to an activating group) is 1. The third-order valence-electron chi connectivity index (χ3n) is 4.20. The molecule has 134 valence electrons. The highest BCUT2D eigenvalue weighted by atomic mass is 32.2. The summed E-state index contributed by atoms with van der Waals surface area (Å²) in [7, 11) is 2.15. The number of phenolic OH excluding ortho intramolecular Hbond substituents is 1. The summed E-state index contributed by atoms with van der Waals surface area (Å²) in [6.45, 7) is 4.98. The zero-order valence-corrected chi connectivity index (χ0v) is 15.4. The first kappa shape index (κ1) is 18.9. The van der Waals surface area contributed by atoms with E-state index in [1.54, 1.807) is 6.07 Å². The topological polar surface area (TPSA) is 73.8 Å². The molecule has 1 atom stereocenters. The van der Waals surface area contributed by atoms with Gasteiger partial charge < -0.3 is 25.4 Å². The van der Waals surface area contributed by atoms with Gasteiger partial charge in [0.15, 0.2) is 12.4 Å². The Bertz CT molecular complexity index is 568. The lowest BCUT2D eigenvalue weighted by molar-refractivity contribution is -0.118. The second kappa shape index (κ2) is 9.15. The molecule has 7 heteroatoms. The third-order valence-corrected chi connectivity index (χ3v) is 5.02. The number of anilines is 1. The number of aromatic hydroxyl groups is 1. The Kier molecular flexibility index (Phi) is 7.20. The maximum absolute atomic E-state index is 11.4. The maximum Gasteiger partial charge on any atom is 0.262 e. The molecular formula is C17H27N3O3S. The lowest BCUT2D eigenvalue weighted by atomic mass is 10.1. The van der Waals surface area contributed by atoms with Crippen LogP contribution in [0.1, 0.15) is 12.5 Å². The molecule has 2 rings (SSSR count). The molecule has 1 unspecified atom stereocenters. The fourth-order valence-electron chi connectivity index (χ4n) is 2.60. The summed E-state index contributed by atoms with van der Waals surface area (Å²) in [4.78, 5) is 13.7. The molecule has 6 nitrogen and oxygen atoms in total. The number of nitrogens with one attached hydrogen (secondary N) is 2. The van der Waals surface area contributed by atoms with Gasteiger partial charge in [-0.1, -0.05) is 6.07 Å². The quantitative estimate of drug-likeness (QED) is 0.462. The summed E-state index contributed by atoms with van der Waals surface area (Å²) in [6.07, 6.45) is 2.91. The van der Waals surface area contributed by atoms with Gasteiger partial charge in [0.2, 0.25) is 0 Å². The number of benzene rings is 1. The van der Waals surface area contributed by atoms with Gasteiger partial charge in [-0.25, -0.2) is 0 Å². The number of phenols is 1. The molecule has 0 saturated carbocycles. The number of hydrogen-bond donors (Lipinski definition) is 3. The van der Waals surface area contributed by atoms with Crippen LogP contribution < -0.4 is 15.4 Å². The zero-order chi connectivity index (χ0) is 17.5. The molecule has 0 aromatic heterocycles. The minimum Gasteiger partial charge on any atom is -0.506 e. The van der Waals surface area contributed by atoms with Crippen LogP contribution in [0.5, 0.6) is 11.5 Å². The van der Waals surface area contributed by atoms with Crippen molar-refractivity contribution in [3.8, 4) is 11.5 Å². The van der Waals surface area contributed by atoms with Crippen LogP contribution in [0.2, 0.25) is 0 Å². The molecule has 0 spiro atoms. The van der Waals surface area contributed by atoms with Crippen molar-refractivity contribution in [3.63, 3.8) is 0 Å². The summed E-state index contributed by atoms with van der Waals surface area (Å²) in [6, 6.07) is 4.02. The number of carbonyl (C=O) groups excluding carboxylic acids is 1. The first-order valence-electron chi connectivity index (χ1n) is 8.20. The van der Waals surface area contributed by atoms with E-state index in [4.69, 9.17) is 4.74 Å². The van der Waals surface area contributed by atoms with Crippen LogP contribution in [-0.4, -0.2) is 67.3 Å². The number of carbonyl (C=O) groups is 1. The van der Waals surface area contributed by atoms with Crippen molar-refractivity contribution in [1.29, 1.82) is 0 Å².